The molecule has 0 saturated heterocycles. The lowest BCUT2D eigenvalue weighted by Gasteiger charge is -2.17. The quantitative estimate of drug-likeness (QED) is 0.491. The molecule has 2 aromatic heterocycles. The van der Waals surface area contributed by atoms with Crippen LogP contribution >= 0.6 is 23.1 Å². The van der Waals surface area contributed by atoms with E-state index in [1.54, 1.807) is 4.90 Å². The smallest absolute Gasteiger partial charge is 0.228 e. The summed E-state index contributed by atoms with van der Waals surface area (Å²) in [5.74, 6) is 1.37. The molecule has 124 valence electrons. The van der Waals surface area contributed by atoms with Crippen LogP contribution in [0.15, 0.2) is 33.0 Å². The summed E-state index contributed by atoms with van der Waals surface area (Å²) in [5, 5.41) is 9.10. The number of thioether (sulfide) groups is 1. The van der Waals surface area contributed by atoms with Gasteiger partial charge in [0, 0.05) is 12.5 Å². The molecule has 0 unspecified atom stereocenters. The molecule has 0 bridgehead atoms. The third-order valence-electron chi connectivity index (χ3n) is 3.74. The summed E-state index contributed by atoms with van der Waals surface area (Å²) in [5.41, 5.74) is 1.65. The first-order valence-corrected chi connectivity index (χ1v) is 9.67. The first kappa shape index (κ1) is 15.6. The van der Waals surface area contributed by atoms with Crippen LogP contribution in [0.2, 0.25) is 0 Å². The van der Waals surface area contributed by atoms with Crippen molar-refractivity contribution in [3.8, 4) is 0 Å². The molecule has 1 fully saturated rings. The maximum Gasteiger partial charge on any atom is 0.228 e. The highest BCUT2D eigenvalue weighted by molar-refractivity contribution is 8.00. The van der Waals surface area contributed by atoms with E-state index in [9.17, 15) is 4.79 Å². The van der Waals surface area contributed by atoms with Crippen LogP contribution < -0.4 is 4.90 Å². The van der Waals surface area contributed by atoms with Gasteiger partial charge in [-0.2, -0.15) is 0 Å². The highest BCUT2D eigenvalue weighted by Crippen LogP contribution is 2.36. The standard InChI is InChI=1S/C16H16N4O2S2/c1-2-14(21)20(10-7-8-10)15-18-19-16(24-15)23-9-13-17-11-5-3-4-6-12(11)22-13/h3-6,10H,2,7-9H2,1H3. The molecule has 6 nitrogen and oxygen atoms in total. The van der Waals surface area contributed by atoms with Gasteiger partial charge in [0.2, 0.25) is 16.9 Å². The maximum atomic E-state index is 12.1. The van der Waals surface area contributed by atoms with Gasteiger partial charge in [-0.05, 0) is 25.0 Å². The van der Waals surface area contributed by atoms with Gasteiger partial charge < -0.3 is 4.42 Å². The minimum atomic E-state index is 0.115. The van der Waals surface area contributed by atoms with Gasteiger partial charge >= 0.3 is 0 Å². The zero-order chi connectivity index (χ0) is 16.5. The van der Waals surface area contributed by atoms with E-state index in [2.05, 4.69) is 15.2 Å². The number of rotatable bonds is 6. The summed E-state index contributed by atoms with van der Waals surface area (Å²) in [7, 11) is 0. The Hall–Kier alpha value is -1.93. The molecule has 1 amide bonds. The average Bonchev–Trinajstić information content (AvgIpc) is 3.17. The van der Waals surface area contributed by atoms with Crippen molar-refractivity contribution in [2.24, 2.45) is 0 Å². The predicted molar refractivity (Wildman–Crippen MR) is 94.3 cm³/mol. The van der Waals surface area contributed by atoms with Crippen molar-refractivity contribution in [3.05, 3.63) is 30.2 Å². The molecule has 24 heavy (non-hydrogen) atoms. The highest BCUT2D eigenvalue weighted by Gasteiger charge is 2.35. The number of carbonyl (C=O) groups excluding carboxylic acids is 1. The minimum Gasteiger partial charge on any atom is -0.440 e. The second kappa shape index (κ2) is 6.52. The maximum absolute atomic E-state index is 12.1. The lowest BCUT2D eigenvalue weighted by Crippen LogP contribution is -2.32. The molecule has 0 N–H and O–H groups in total. The van der Waals surface area contributed by atoms with E-state index in [-0.39, 0.29) is 5.91 Å². The summed E-state index contributed by atoms with van der Waals surface area (Å²) in [4.78, 5) is 18.4. The van der Waals surface area contributed by atoms with Crippen molar-refractivity contribution in [2.75, 3.05) is 4.90 Å². The van der Waals surface area contributed by atoms with Crippen molar-refractivity contribution in [2.45, 2.75) is 42.3 Å². The zero-order valence-corrected chi connectivity index (χ0v) is 14.8. The second-order valence-electron chi connectivity index (χ2n) is 5.56. The first-order valence-electron chi connectivity index (χ1n) is 7.87. The van der Waals surface area contributed by atoms with E-state index in [0.29, 0.717) is 29.2 Å². The molecule has 0 spiro atoms. The third-order valence-corrected chi connectivity index (χ3v) is 5.78. The Morgan fingerprint density at radius 3 is 2.96 bits per heavy atom. The van der Waals surface area contributed by atoms with Crippen molar-refractivity contribution >= 4 is 45.2 Å². The normalized spacial score (nSPS) is 14.2. The second-order valence-corrected chi connectivity index (χ2v) is 7.74. The molecule has 4 rings (SSSR count). The first-order chi connectivity index (χ1) is 11.7. The van der Waals surface area contributed by atoms with Crippen LogP contribution in [0.3, 0.4) is 0 Å². The SMILES string of the molecule is CCC(=O)N(c1nnc(SCc2nc3ccccc3o2)s1)C1CC1. The summed E-state index contributed by atoms with van der Waals surface area (Å²) in [6, 6.07) is 8.01. The van der Waals surface area contributed by atoms with Gasteiger partial charge in [-0.15, -0.1) is 10.2 Å². The van der Waals surface area contributed by atoms with Crippen molar-refractivity contribution in [3.63, 3.8) is 0 Å². The van der Waals surface area contributed by atoms with Crippen LogP contribution in [0.5, 0.6) is 0 Å². The minimum absolute atomic E-state index is 0.115. The molecule has 8 heteroatoms. The highest BCUT2D eigenvalue weighted by atomic mass is 32.2. The molecule has 1 aromatic carbocycles. The third kappa shape index (κ3) is 3.16. The van der Waals surface area contributed by atoms with E-state index in [4.69, 9.17) is 4.42 Å². The van der Waals surface area contributed by atoms with Crippen LogP contribution in [-0.2, 0) is 10.5 Å². The van der Waals surface area contributed by atoms with Gasteiger partial charge in [-0.1, -0.05) is 42.2 Å². The van der Waals surface area contributed by atoms with E-state index >= 15 is 0 Å². The number of aromatic nitrogens is 3. The number of anilines is 1. The summed E-state index contributed by atoms with van der Waals surface area (Å²) in [6.07, 6.45) is 2.59. The zero-order valence-electron chi connectivity index (χ0n) is 13.1. The number of hydrogen-bond donors (Lipinski definition) is 0. The summed E-state index contributed by atoms with van der Waals surface area (Å²) in [6.45, 7) is 1.88. The fourth-order valence-corrected chi connectivity index (χ4v) is 4.21. The van der Waals surface area contributed by atoms with Gasteiger partial charge in [0.25, 0.3) is 0 Å². The molecule has 0 atom stereocenters. The molecule has 2 heterocycles. The number of nitrogens with zero attached hydrogens (tertiary/aromatic N) is 4. The number of benzene rings is 1. The molecule has 0 aliphatic heterocycles. The monoisotopic (exact) mass is 360 g/mol. The Kier molecular flexibility index (Phi) is 4.24. The number of fused-ring (bicyclic) bond motifs is 1. The molecule has 1 aliphatic carbocycles. The average molecular weight is 360 g/mol. The lowest BCUT2D eigenvalue weighted by molar-refractivity contribution is -0.118. The van der Waals surface area contributed by atoms with Crippen LogP contribution in [0, 0.1) is 0 Å². The molecule has 3 aromatic rings. The summed E-state index contributed by atoms with van der Waals surface area (Å²) >= 11 is 2.98. The Balaban J connectivity index is 1.45. The predicted octanol–water partition coefficient (Wildman–Crippen LogP) is 3.88. The van der Waals surface area contributed by atoms with E-state index in [0.717, 1.165) is 28.3 Å². The van der Waals surface area contributed by atoms with E-state index in [1.165, 1.54) is 23.1 Å². The number of para-hydroxylation sites is 2. The lowest BCUT2D eigenvalue weighted by atomic mass is 10.3. The fourth-order valence-electron chi connectivity index (χ4n) is 2.43. The van der Waals surface area contributed by atoms with Gasteiger partial charge in [0.15, 0.2) is 9.92 Å². The van der Waals surface area contributed by atoms with Gasteiger partial charge in [-0.25, -0.2) is 4.98 Å². The fraction of sp³-hybridized carbons (Fsp3) is 0.375. The molecular weight excluding hydrogens is 344 g/mol. The largest absolute Gasteiger partial charge is 0.440 e. The van der Waals surface area contributed by atoms with Crippen molar-refractivity contribution in [1.82, 2.24) is 15.2 Å². The number of oxazole rings is 1. The topological polar surface area (TPSA) is 72.1 Å². The van der Waals surface area contributed by atoms with Gasteiger partial charge in [-0.3, -0.25) is 9.69 Å². The van der Waals surface area contributed by atoms with Gasteiger partial charge in [0.05, 0.1) is 5.75 Å². The Morgan fingerprint density at radius 1 is 1.38 bits per heavy atom. The van der Waals surface area contributed by atoms with Crippen molar-refractivity contribution < 1.29 is 9.21 Å². The van der Waals surface area contributed by atoms with Crippen LogP contribution in [0.1, 0.15) is 32.1 Å². The number of carbonyl (C=O) groups is 1. The Bertz CT molecular complexity index is 839. The van der Waals surface area contributed by atoms with Crippen LogP contribution in [-0.4, -0.2) is 27.1 Å². The molecular formula is C16H16N4O2S2. The van der Waals surface area contributed by atoms with Gasteiger partial charge in [0.1, 0.15) is 5.52 Å². The molecule has 1 saturated carbocycles. The van der Waals surface area contributed by atoms with E-state index < -0.39 is 0 Å². The van der Waals surface area contributed by atoms with Crippen LogP contribution in [0.25, 0.3) is 11.1 Å². The van der Waals surface area contributed by atoms with Crippen molar-refractivity contribution in [1.29, 1.82) is 0 Å². The summed E-state index contributed by atoms with van der Waals surface area (Å²) < 4.78 is 6.53. The Morgan fingerprint density at radius 2 is 2.21 bits per heavy atom. The Labute approximate surface area is 147 Å². The van der Waals surface area contributed by atoms with Crippen LogP contribution in [0.4, 0.5) is 5.13 Å². The molecule has 1 aliphatic rings. The number of amides is 1. The van der Waals surface area contributed by atoms with E-state index in [1.807, 2.05) is 31.2 Å². The number of hydrogen-bond acceptors (Lipinski definition) is 7. The molecule has 0 radical (unpaired) electrons.